The molecule has 0 heterocycles. The summed E-state index contributed by atoms with van der Waals surface area (Å²) in [6, 6.07) is 22.0. The van der Waals surface area contributed by atoms with E-state index < -0.39 is 11.9 Å². The lowest BCUT2D eigenvalue weighted by molar-refractivity contribution is -0.138. The van der Waals surface area contributed by atoms with Gasteiger partial charge in [0.15, 0.2) is 0 Å². The third-order valence-electron chi connectivity index (χ3n) is 5.13. The number of carboxylic acids is 1. The van der Waals surface area contributed by atoms with Crippen molar-refractivity contribution in [3.63, 3.8) is 0 Å². The van der Waals surface area contributed by atoms with Crippen LogP contribution in [0.25, 0.3) is 11.1 Å². The molecule has 26 heavy (non-hydrogen) atoms. The second-order valence-corrected chi connectivity index (χ2v) is 6.65. The first-order chi connectivity index (χ1) is 12.7. The first-order valence-electron chi connectivity index (χ1n) is 8.73. The van der Waals surface area contributed by atoms with Crippen molar-refractivity contribution >= 4 is 5.97 Å². The van der Waals surface area contributed by atoms with Crippen LogP contribution in [0.2, 0.25) is 0 Å². The van der Waals surface area contributed by atoms with Gasteiger partial charge in [-0.2, -0.15) is 0 Å². The van der Waals surface area contributed by atoms with Crippen LogP contribution in [-0.4, -0.2) is 18.2 Å². The van der Waals surface area contributed by atoms with Gasteiger partial charge >= 0.3 is 5.97 Å². The number of benzene rings is 3. The SMILES string of the molecule is COc1cccc(CC(C(=O)O)c2cccc3c2Cc2ccccc2-3)c1. The Labute approximate surface area is 152 Å². The van der Waals surface area contributed by atoms with E-state index in [4.69, 9.17) is 4.74 Å². The number of ether oxygens (including phenoxy) is 1. The third kappa shape index (κ3) is 2.86. The second kappa shape index (κ2) is 6.68. The lowest BCUT2D eigenvalue weighted by Gasteiger charge is -2.17. The zero-order valence-electron chi connectivity index (χ0n) is 14.6. The number of methoxy groups -OCH3 is 1. The predicted molar refractivity (Wildman–Crippen MR) is 102 cm³/mol. The standard InChI is InChI=1S/C23H20O3/c1-26-17-8-4-6-15(12-17)13-22(23(24)25)20-11-5-10-19-18-9-3-2-7-16(18)14-21(19)20/h2-12,22H,13-14H2,1H3,(H,24,25). The zero-order chi connectivity index (χ0) is 18.1. The van der Waals surface area contributed by atoms with Crippen molar-refractivity contribution in [3.8, 4) is 16.9 Å². The van der Waals surface area contributed by atoms with Gasteiger partial charge in [-0.25, -0.2) is 0 Å². The molecule has 130 valence electrons. The topological polar surface area (TPSA) is 46.5 Å². The average molecular weight is 344 g/mol. The fourth-order valence-corrected chi connectivity index (χ4v) is 3.87. The van der Waals surface area contributed by atoms with E-state index in [2.05, 4.69) is 18.2 Å². The molecule has 3 aromatic carbocycles. The van der Waals surface area contributed by atoms with E-state index in [1.54, 1.807) is 7.11 Å². The zero-order valence-corrected chi connectivity index (χ0v) is 14.6. The molecule has 3 nitrogen and oxygen atoms in total. The maximum atomic E-state index is 12.1. The molecule has 0 spiro atoms. The molecule has 1 N–H and O–H groups in total. The van der Waals surface area contributed by atoms with Crippen molar-refractivity contribution in [2.24, 2.45) is 0 Å². The van der Waals surface area contributed by atoms with Crippen molar-refractivity contribution in [2.75, 3.05) is 7.11 Å². The minimum Gasteiger partial charge on any atom is -0.497 e. The Hall–Kier alpha value is -3.07. The number of carbonyl (C=O) groups is 1. The quantitative estimate of drug-likeness (QED) is 0.572. The van der Waals surface area contributed by atoms with E-state index in [-0.39, 0.29) is 0 Å². The molecule has 0 saturated heterocycles. The maximum absolute atomic E-state index is 12.1. The minimum absolute atomic E-state index is 0.444. The van der Waals surface area contributed by atoms with Crippen molar-refractivity contribution in [3.05, 3.63) is 89.0 Å². The molecule has 0 fully saturated rings. The summed E-state index contributed by atoms with van der Waals surface area (Å²) in [5.41, 5.74) is 6.66. The summed E-state index contributed by atoms with van der Waals surface area (Å²) in [4.78, 5) is 12.1. The Kier molecular flexibility index (Phi) is 4.21. The van der Waals surface area contributed by atoms with E-state index in [0.717, 1.165) is 34.4 Å². The molecule has 3 heteroatoms. The molecule has 1 aliphatic rings. The van der Waals surface area contributed by atoms with Crippen molar-refractivity contribution < 1.29 is 14.6 Å². The molecule has 0 bridgehead atoms. The highest BCUT2D eigenvalue weighted by molar-refractivity contribution is 5.83. The van der Waals surface area contributed by atoms with Crippen LogP contribution in [0, 0.1) is 0 Å². The van der Waals surface area contributed by atoms with Gasteiger partial charge in [0.05, 0.1) is 13.0 Å². The lowest BCUT2D eigenvalue weighted by Crippen LogP contribution is -2.16. The summed E-state index contributed by atoms with van der Waals surface area (Å²) >= 11 is 0. The summed E-state index contributed by atoms with van der Waals surface area (Å²) in [7, 11) is 1.62. The maximum Gasteiger partial charge on any atom is 0.311 e. The molecule has 1 atom stereocenters. The predicted octanol–water partition coefficient (Wildman–Crippen LogP) is 4.68. The summed E-state index contributed by atoms with van der Waals surface area (Å²) in [6.07, 6.45) is 1.24. The lowest BCUT2D eigenvalue weighted by atomic mass is 9.87. The van der Waals surface area contributed by atoms with Crippen LogP contribution in [0.5, 0.6) is 5.75 Å². The normalized spacial score (nSPS) is 13.0. The summed E-state index contributed by atoms with van der Waals surface area (Å²) in [5.74, 6) is -0.624. The van der Waals surface area contributed by atoms with Crippen LogP contribution in [0.15, 0.2) is 66.7 Å². The van der Waals surface area contributed by atoms with Gasteiger partial charge in [0.1, 0.15) is 5.75 Å². The van der Waals surface area contributed by atoms with Crippen LogP contribution in [0.3, 0.4) is 0 Å². The highest BCUT2D eigenvalue weighted by Crippen LogP contribution is 2.40. The minimum atomic E-state index is -0.794. The van der Waals surface area contributed by atoms with Gasteiger partial charge in [0.2, 0.25) is 0 Å². The summed E-state index contributed by atoms with van der Waals surface area (Å²) < 4.78 is 5.27. The van der Waals surface area contributed by atoms with Crippen molar-refractivity contribution in [1.82, 2.24) is 0 Å². The fourth-order valence-electron chi connectivity index (χ4n) is 3.87. The number of carboxylic acid groups (broad SMARTS) is 1. The van der Waals surface area contributed by atoms with E-state index in [9.17, 15) is 9.90 Å². The Morgan fingerprint density at radius 1 is 1.04 bits per heavy atom. The van der Waals surface area contributed by atoms with Gasteiger partial charge < -0.3 is 9.84 Å². The van der Waals surface area contributed by atoms with Gasteiger partial charge in [-0.15, -0.1) is 0 Å². The Bertz CT molecular complexity index is 975. The van der Waals surface area contributed by atoms with E-state index in [1.807, 2.05) is 48.5 Å². The van der Waals surface area contributed by atoms with Gasteiger partial charge in [-0.1, -0.05) is 54.6 Å². The van der Waals surface area contributed by atoms with Gasteiger partial charge in [0.25, 0.3) is 0 Å². The first kappa shape index (κ1) is 16.4. The highest BCUT2D eigenvalue weighted by Gasteiger charge is 2.28. The molecule has 3 aromatic rings. The van der Waals surface area contributed by atoms with Gasteiger partial charge in [-0.3, -0.25) is 4.79 Å². The van der Waals surface area contributed by atoms with E-state index in [1.165, 1.54) is 11.1 Å². The molecule has 1 aliphatic carbocycles. The van der Waals surface area contributed by atoms with E-state index in [0.29, 0.717) is 6.42 Å². The summed E-state index contributed by atoms with van der Waals surface area (Å²) in [6.45, 7) is 0. The summed E-state index contributed by atoms with van der Waals surface area (Å²) in [5, 5.41) is 9.93. The molecule has 0 radical (unpaired) electrons. The first-order valence-corrected chi connectivity index (χ1v) is 8.73. The molecular weight excluding hydrogens is 324 g/mol. The van der Waals surface area contributed by atoms with Crippen LogP contribution in [0.1, 0.15) is 28.2 Å². The third-order valence-corrected chi connectivity index (χ3v) is 5.13. The molecule has 0 aromatic heterocycles. The number of aliphatic carboxylic acids is 1. The van der Waals surface area contributed by atoms with Crippen LogP contribution in [-0.2, 0) is 17.6 Å². The fraction of sp³-hybridized carbons (Fsp3) is 0.174. The molecule has 0 amide bonds. The second-order valence-electron chi connectivity index (χ2n) is 6.65. The van der Waals surface area contributed by atoms with Crippen molar-refractivity contribution in [2.45, 2.75) is 18.8 Å². The smallest absolute Gasteiger partial charge is 0.311 e. The molecule has 0 aliphatic heterocycles. The molecule has 0 saturated carbocycles. The Morgan fingerprint density at radius 3 is 2.62 bits per heavy atom. The monoisotopic (exact) mass is 344 g/mol. The van der Waals surface area contributed by atoms with Crippen LogP contribution < -0.4 is 4.74 Å². The molecule has 4 rings (SSSR count). The Balaban J connectivity index is 1.74. The van der Waals surface area contributed by atoms with Gasteiger partial charge in [0, 0.05) is 0 Å². The van der Waals surface area contributed by atoms with Gasteiger partial charge in [-0.05, 0) is 58.4 Å². The van der Waals surface area contributed by atoms with Crippen molar-refractivity contribution in [1.29, 1.82) is 0 Å². The molecular formula is C23H20O3. The van der Waals surface area contributed by atoms with Crippen LogP contribution in [0.4, 0.5) is 0 Å². The van der Waals surface area contributed by atoms with E-state index >= 15 is 0 Å². The average Bonchev–Trinajstić information content (AvgIpc) is 3.05. The number of fused-ring (bicyclic) bond motifs is 3. The number of hydrogen-bond donors (Lipinski definition) is 1. The highest BCUT2D eigenvalue weighted by atomic mass is 16.5. The largest absolute Gasteiger partial charge is 0.497 e. The Morgan fingerprint density at radius 2 is 1.81 bits per heavy atom. The number of hydrogen-bond acceptors (Lipinski definition) is 2. The number of rotatable bonds is 5. The molecule has 1 unspecified atom stereocenters. The van der Waals surface area contributed by atoms with Crippen LogP contribution >= 0.6 is 0 Å².